The van der Waals surface area contributed by atoms with Crippen molar-refractivity contribution in [1.29, 1.82) is 5.26 Å². The number of nitrogens with zero attached hydrogens (tertiary/aromatic N) is 3. The maximum Gasteiger partial charge on any atom is 0.266 e. The fourth-order valence-corrected chi connectivity index (χ4v) is 1.87. The first-order chi connectivity index (χ1) is 10.2. The van der Waals surface area contributed by atoms with E-state index >= 15 is 0 Å². The molecule has 0 aliphatic carbocycles. The van der Waals surface area contributed by atoms with E-state index in [2.05, 4.69) is 10.4 Å². The van der Waals surface area contributed by atoms with Crippen LogP contribution < -0.4 is 5.32 Å². The molecule has 0 aliphatic heterocycles. The molecule has 1 aromatic heterocycles. The molecule has 1 N–H and O–H groups in total. The van der Waals surface area contributed by atoms with Gasteiger partial charge in [-0.25, -0.2) is 0 Å². The van der Waals surface area contributed by atoms with Gasteiger partial charge in [0.2, 0.25) is 0 Å². The Morgan fingerprint density at radius 3 is 2.86 bits per heavy atom. The molecule has 6 heteroatoms. The number of hydrogen-bond donors (Lipinski definition) is 1. The number of halogens is 1. The van der Waals surface area contributed by atoms with Gasteiger partial charge in [0.25, 0.3) is 5.91 Å². The SMILES string of the molecule is N#C/C(=C/c1cnn(CCCl)c1)C(=O)Nc1ccccc1. The molecule has 0 saturated heterocycles. The number of carbonyl (C=O) groups is 1. The first kappa shape index (κ1) is 14.8. The number of amides is 1. The highest BCUT2D eigenvalue weighted by Gasteiger charge is 2.09. The van der Waals surface area contributed by atoms with E-state index in [0.717, 1.165) is 0 Å². The molecule has 0 aliphatic rings. The molecular weight excluding hydrogens is 288 g/mol. The lowest BCUT2D eigenvalue weighted by atomic mass is 10.2. The fraction of sp³-hybridized carbons (Fsp3) is 0.133. The Labute approximate surface area is 127 Å². The van der Waals surface area contributed by atoms with Crippen LogP contribution in [0, 0.1) is 11.3 Å². The molecule has 0 atom stereocenters. The van der Waals surface area contributed by atoms with Crippen LogP contribution in [0.4, 0.5) is 5.69 Å². The van der Waals surface area contributed by atoms with Gasteiger partial charge in [0.15, 0.2) is 0 Å². The standard InChI is InChI=1S/C15H13ClN4O/c16-6-7-20-11-12(10-18-20)8-13(9-17)15(21)19-14-4-2-1-3-5-14/h1-5,8,10-11H,6-7H2,(H,19,21)/b13-8-. The van der Waals surface area contributed by atoms with Crippen LogP contribution in [0.1, 0.15) is 5.56 Å². The van der Waals surface area contributed by atoms with E-state index in [9.17, 15) is 4.79 Å². The Bertz CT molecular complexity index is 685. The molecular formula is C15H13ClN4O. The first-order valence-electron chi connectivity index (χ1n) is 6.29. The molecule has 106 valence electrons. The highest BCUT2D eigenvalue weighted by molar-refractivity contribution is 6.17. The summed E-state index contributed by atoms with van der Waals surface area (Å²) in [7, 11) is 0. The number of carbonyl (C=O) groups excluding carboxylic acids is 1. The number of nitrogens with one attached hydrogen (secondary N) is 1. The van der Waals surface area contributed by atoms with Gasteiger partial charge >= 0.3 is 0 Å². The number of hydrogen-bond acceptors (Lipinski definition) is 3. The summed E-state index contributed by atoms with van der Waals surface area (Å²) in [5, 5.41) is 15.9. The third-order valence-electron chi connectivity index (χ3n) is 2.67. The predicted octanol–water partition coefficient (Wildman–Crippen LogP) is 2.67. The Hall–Kier alpha value is -2.58. The maximum atomic E-state index is 12.0. The zero-order valence-electron chi connectivity index (χ0n) is 11.2. The van der Waals surface area contributed by atoms with Gasteiger partial charge in [0, 0.05) is 23.3 Å². The van der Waals surface area contributed by atoms with Crippen molar-refractivity contribution in [2.24, 2.45) is 0 Å². The lowest BCUT2D eigenvalue weighted by molar-refractivity contribution is -0.112. The molecule has 1 amide bonds. The smallest absolute Gasteiger partial charge is 0.266 e. The highest BCUT2D eigenvalue weighted by Crippen LogP contribution is 2.10. The Kier molecular flexibility index (Phi) is 5.13. The fourth-order valence-electron chi connectivity index (χ4n) is 1.70. The number of anilines is 1. The second kappa shape index (κ2) is 7.27. The summed E-state index contributed by atoms with van der Waals surface area (Å²) in [4.78, 5) is 12.0. The summed E-state index contributed by atoms with van der Waals surface area (Å²) in [6.45, 7) is 0.577. The molecule has 1 heterocycles. The molecule has 0 bridgehead atoms. The average molecular weight is 301 g/mol. The van der Waals surface area contributed by atoms with E-state index in [4.69, 9.17) is 16.9 Å². The van der Waals surface area contributed by atoms with Crippen molar-refractivity contribution in [1.82, 2.24) is 9.78 Å². The van der Waals surface area contributed by atoms with Gasteiger partial charge in [-0.2, -0.15) is 10.4 Å². The van der Waals surface area contributed by atoms with Gasteiger partial charge in [0.05, 0.1) is 12.7 Å². The van der Waals surface area contributed by atoms with Crippen LogP contribution in [0.25, 0.3) is 6.08 Å². The zero-order chi connectivity index (χ0) is 15.1. The van der Waals surface area contributed by atoms with Crippen molar-refractivity contribution in [3.63, 3.8) is 0 Å². The second-order valence-electron chi connectivity index (χ2n) is 4.22. The molecule has 0 fully saturated rings. The summed E-state index contributed by atoms with van der Waals surface area (Å²) < 4.78 is 1.66. The van der Waals surface area contributed by atoms with E-state index in [1.807, 2.05) is 24.3 Å². The molecule has 0 unspecified atom stereocenters. The summed E-state index contributed by atoms with van der Waals surface area (Å²) in [6.07, 6.45) is 4.81. The molecule has 5 nitrogen and oxygen atoms in total. The molecule has 0 saturated carbocycles. The normalized spacial score (nSPS) is 11.0. The molecule has 1 aromatic carbocycles. The monoisotopic (exact) mass is 300 g/mol. The van der Waals surface area contributed by atoms with Crippen molar-refractivity contribution < 1.29 is 4.79 Å². The van der Waals surface area contributed by atoms with E-state index in [0.29, 0.717) is 23.7 Å². The minimum Gasteiger partial charge on any atom is -0.321 e. The first-order valence-corrected chi connectivity index (χ1v) is 6.83. The van der Waals surface area contributed by atoms with Crippen molar-refractivity contribution >= 4 is 29.3 Å². The lowest BCUT2D eigenvalue weighted by Crippen LogP contribution is -2.13. The van der Waals surface area contributed by atoms with Crippen LogP contribution >= 0.6 is 11.6 Å². The van der Waals surface area contributed by atoms with Crippen molar-refractivity contribution in [3.8, 4) is 6.07 Å². The topological polar surface area (TPSA) is 70.7 Å². The number of nitriles is 1. The van der Waals surface area contributed by atoms with Gasteiger partial charge in [-0.1, -0.05) is 18.2 Å². The molecule has 2 aromatic rings. The summed E-state index contributed by atoms with van der Waals surface area (Å²) >= 11 is 5.63. The average Bonchev–Trinajstić information content (AvgIpc) is 2.93. The van der Waals surface area contributed by atoms with Gasteiger partial charge in [-0.3, -0.25) is 9.48 Å². The van der Waals surface area contributed by atoms with Crippen LogP contribution in [-0.4, -0.2) is 21.6 Å². The molecule has 0 radical (unpaired) electrons. The third-order valence-corrected chi connectivity index (χ3v) is 2.84. The number of rotatable bonds is 5. The van der Waals surface area contributed by atoms with Gasteiger partial charge in [-0.15, -0.1) is 11.6 Å². The second-order valence-corrected chi connectivity index (χ2v) is 4.59. The Morgan fingerprint density at radius 1 is 1.43 bits per heavy atom. The van der Waals surface area contributed by atoms with E-state index < -0.39 is 5.91 Å². The van der Waals surface area contributed by atoms with Crippen molar-refractivity contribution in [3.05, 3.63) is 53.9 Å². The number of aryl methyl sites for hydroxylation is 1. The van der Waals surface area contributed by atoms with Crippen LogP contribution in [0.3, 0.4) is 0 Å². The zero-order valence-corrected chi connectivity index (χ0v) is 11.9. The number of para-hydroxylation sites is 1. The van der Waals surface area contributed by atoms with Gasteiger partial charge in [-0.05, 0) is 18.2 Å². The predicted molar refractivity (Wildman–Crippen MR) is 81.6 cm³/mol. The van der Waals surface area contributed by atoms with Crippen LogP contribution in [-0.2, 0) is 11.3 Å². The largest absolute Gasteiger partial charge is 0.321 e. The quantitative estimate of drug-likeness (QED) is 0.524. The van der Waals surface area contributed by atoms with Crippen LogP contribution in [0.15, 0.2) is 48.3 Å². The minimum absolute atomic E-state index is 0.0178. The minimum atomic E-state index is -0.450. The summed E-state index contributed by atoms with van der Waals surface area (Å²) in [6, 6.07) is 10.9. The Balaban J connectivity index is 2.12. The number of benzene rings is 1. The molecule has 0 spiro atoms. The molecule has 2 rings (SSSR count). The van der Waals surface area contributed by atoms with Crippen molar-refractivity contribution in [2.45, 2.75) is 6.54 Å². The summed E-state index contributed by atoms with van der Waals surface area (Å²) in [5.41, 5.74) is 1.34. The van der Waals surface area contributed by atoms with E-state index in [1.54, 1.807) is 29.2 Å². The summed E-state index contributed by atoms with van der Waals surface area (Å²) in [5.74, 6) is -0.00135. The number of aromatic nitrogens is 2. The van der Waals surface area contributed by atoms with Gasteiger partial charge in [0.1, 0.15) is 11.6 Å². The van der Waals surface area contributed by atoms with Crippen LogP contribution in [0.5, 0.6) is 0 Å². The van der Waals surface area contributed by atoms with Crippen molar-refractivity contribution in [2.75, 3.05) is 11.2 Å². The van der Waals surface area contributed by atoms with E-state index in [-0.39, 0.29) is 5.57 Å². The third kappa shape index (κ3) is 4.20. The lowest BCUT2D eigenvalue weighted by Gasteiger charge is -2.03. The highest BCUT2D eigenvalue weighted by atomic mass is 35.5. The maximum absolute atomic E-state index is 12.0. The van der Waals surface area contributed by atoms with E-state index in [1.165, 1.54) is 6.08 Å². The Morgan fingerprint density at radius 2 is 2.19 bits per heavy atom. The van der Waals surface area contributed by atoms with Gasteiger partial charge < -0.3 is 5.32 Å². The van der Waals surface area contributed by atoms with Crippen LogP contribution in [0.2, 0.25) is 0 Å². The number of alkyl halides is 1. The molecule has 21 heavy (non-hydrogen) atoms.